The molecule has 96 valence electrons. The van der Waals surface area contributed by atoms with Crippen molar-refractivity contribution < 1.29 is 16.8 Å². The second-order valence-corrected chi connectivity index (χ2v) is 8.17. The van der Waals surface area contributed by atoms with Gasteiger partial charge in [0.05, 0.1) is 16.4 Å². The van der Waals surface area contributed by atoms with Crippen LogP contribution in [-0.2, 0) is 26.2 Å². The zero-order valence-corrected chi connectivity index (χ0v) is 11.1. The minimum Gasteiger partial charge on any atom is -0.326 e. The van der Waals surface area contributed by atoms with Gasteiger partial charge in [0.2, 0.25) is 0 Å². The fraction of sp³-hybridized carbons (Fsp3) is 0.400. The summed E-state index contributed by atoms with van der Waals surface area (Å²) >= 11 is 0. The average Bonchev–Trinajstić information content (AvgIpc) is 2.26. The van der Waals surface area contributed by atoms with Crippen molar-refractivity contribution in [3.63, 3.8) is 0 Å². The minimum atomic E-state index is -3.56. The van der Waals surface area contributed by atoms with Crippen LogP contribution in [0.3, 0.4) is 0 Å². The van der Waals surface area contributed by atoms with E-state index in [-0.39, 0.29) is 17.2 Å². The lowest BCUT2D eigenvalue weighted by atomic mass is 10.2. The van der Waals surface area contributed by atoms with Crippen LogP contribution < -0.4 is 5.73 Å². The molecule has 0 aliphatic heterocycles. The number of hydrogen-bond donors (Lipinski definition) is 1. The van der Waals surface area contributed by atoms with Crippen LogP contribution in [0.4, 0.5) is 0 Å². The normalized spacial score (nSPS) is 12.6. The summed E-state index contributed by atoms with van der Waals surface area (Å²) in [6.45, 7) is 0.245. The van der Waals surface area contributed by atoms with Crippen molar-refractivity contribution in [2.75, 3.05) is 17.8 Å². The Kier molecular flexibility index (Phi) is 4.29. The summed E-state index contributed by atoms with van der Waals surface area (Å²) in [7, 11) is -6.85. The average molecular weight is 277 g/mol. The van der Waals surface area contributed by atoms with Crippen molar-refractivity contribution in [1.29, 1.82) is 0 Å². The lowest BCUT2D eigenvalue weighted by Crippen LogP contribution is -2.16. The molecule has 0 amide bonds. The fourth-order valence-corrected chi connectivity index (χ4v) is 4.19. The first kappa shape index (κ1) is 14.1. The molecule has 1 aromatic rings. The lowest BCUT2D eigenvalue weighted by molar-refractivity contribution is 0.590. The summed E-state index contributed by atoms with van der Waals surface area (Å²) in [5.74, 6) is -0.776. The Labute approximate surface area is 101 Å². The van der Waals surface area contributed by atoms with Crippen LogP contribution in [0, 0.1) is 0 Å². The van der Waals surface area contributed by atoms with Gasteiger partial charge in [0, 0.05) is 12.8 Å². The largest absolute Gasteiger partial charge is 0.326 e. The third-order valence-corrected chi connectivity index (χ3v) is 5.13. The molecule has 0 aliphatic carbocycles. The van der Waals surface area contributed by atoms with Crippen LogP contribution in [0.5, 0.6) is 0 Å². The van der Waals surface area contributed by atoms with E-state index < -0.39 is 25.4 Å². The first-order valence-corrected chi connectivity index (χ1v) is 8.65. The molecule has 0 radical (unpaired) electrons. The number of rotatable bonds is 5. The molecule has 0 saturated carbocycles. The Balaban J connectivity index is 2.97. The predicted molar refractivity (Wildman–Crippen MR) is 66.1 cm³/mol. The predicted octanol–water partition coefficient (Wildman–Crippen LogP) is -0.0364. The number of sulfone groups is 2. The maximum Gasteiger partial charge on any atom is 0.179 e. The van der Waals surface area contributed by atoms with Gasteiger partial charge in [0.15, 0.2) is 9.84 Å². The van der Waals surface area contributed by atoms with Crippen LogP contribution in [0.1, 0.15) is 5.56 Å². The van der Waals surface area contributed by atoms with Crippen molar-refractivity contribution in [2.45, 2.75) is 11.4 Å². The van der Waals surface area contributed by atoms with E-state index >= 15 is 0 Å². The molecule has 0 aliphatic rings. The van der Waals surface area contributed by atoms with E-state index in [1.165, 1.54) is 12.1 Å². The topological polar surface area (TPSA) is 94.3 Å². The SMILES string of the molecule is CS(=O)(=O)CCS(=O)(=O)c1cccc(CN)c1. The van der Waals surface area contributed by atoms with Crippen LogP contribution in [0.25, 0.3) is 0 Å². The third kappa shape index (κ3) is 4.45. The highest BCUT2D eigenvalue weighted by Gasteiger charge is 2.17. The van der Waals surface area contributed by atoms with Gasteiger partial charge < -0.3 is 5.73 Å². The summed E-state index contributed by atoms with van der Waals surface area (Å²) in [4.78, 5) is 0.115. The Morgan fingerprint density at radius 2 is 1.76 bits per heavy atom. The van der Waals surface area contributed by atoms with Gasteiger partial charge in [-0.25, -0.2) is 16.8 Å². The summed E-state index contributed by atoms with van der Waals surface area (Å²) in [6.07, 6.45) is 1.01. The number of hydrogen-bond acceptors (Lipinski definition) is 5. The van der Waals surface area contributed by atoms with E-state index in [1.807, 2.05) is 0 Å². The van der Waals surface area contributed by atoms with Gasteiger partial charge in [0.25, 0.3) is 0 Å². The maximum atomic E-state index is 11.8. The van der Waals surface area contributed by atoms with Crippen LogP contribution in [-0.4, -0.2) is 34.6 Å². The molecular formula is C10H15NO4S2. The Hall–Kier alpha value is -0.920. The smallest absolute Gasteiger partial charge is 0.179 e. The molecule has 17 heavy (non-hydrogen) atoms. The fourth-order valence-electron chi connectivity index (χ4n) is 1.24. The van der Waals surface area contributed by atoms with Crippen LogP contribution in [0.2, 0.25) is 0 Å². The first-order valence-electron chi connectivity index (χ1n) is 4.94. The molecule has 7 heteroatoms. The van der Waals surface area contributed by atoms with Crippen molar-refractivity contribution in [1.82, 2.24) is 0 Å². The zero-order chi connectivity index (χ0) is 13.1. The molecular weight excluding hydrogens is 262 g/mol. The maximum absolute atomic E-state index is 11.8. The lowest BCUT2D eigenvalue weighted by Gasteiger charge is -2.05. The van der Waals surface area contributed by atoms with Crippen molar-refractivity contribution in [2.24, 2.45) is 5.73 Å². The highest BCUT2D eigenvalue weighted by molar-refractivity contribution is 7.94. The second kappa shape index (κ2) is 5.16. The summed E-state index contributed by atoms with van der Waals surface area (Å²) < 4.78 is 45.6. The van der Waals surface area contributed by atoms with Gasteiger partial charge in [-0.2, -0.15) is 0 Å². The van der Waals surface area contributed by atoms with Gasteiger partial charge in [-0.3, -0.25) is 0 Å². The molecule has 2 N–H and O–H groups in total. The van der Waals surface area contributed by atoms with E-state index in [2.05, 4.69) is 0 Å². The highest BCUT2D eigenvalue weighted by Crippen LogP contribution is 2.13. The standard InChI is InChI=1S/C10H15NO4S2/c1-16(12,13)5-6-17(14,15)10-4-2-3-9(7-10)8-11/h2-4,7H,5-6,8,11H2,1H3. The van der Waals surface area contributed by atoms with Gasteiger partial charge >= 0.3 is 0 Å². The summed E-state index contributed by atoms with van der Waals surface area (Å²) in [6, 6.07) is 6.22. The molecule has 0 bridgehead atoms. The van der Waals surface area contributed by atoms with Crippen molar-refractivity contribution >= 4 is 19.7 Å². The van der Waals surface area contributed by atoms with E-state index in [4.69, 9.17) is 5.73 Å². The molecule has 0 heterocycles. The van der Waals surface area contributed by atoms with Gasteiger partial charge in [-0.1, -0.05) is 12.1 Å². The summed E-state index contributed by atoms with van der Waals surface area (Å²) in [5, 5.41) is 0. The summed E-state index contributed by atoms with van der Waals surface area (Å²) in [5.41, 5.74) is 6.11. The molecule has 0 aromatic heterocycles. The van der Waals surface area contributed by atoms with E-state index in [0.717, 1.165) is 6.26 Å². The van der Waals surface area contributed by atoms with E-state index in [0.29, 0.717) is 5.56 Å². The van der Waals surface area contributed by atoms with Crippen LogP contribution in [0.15, 0.2) is 29.2 Å². The monoisotopic (exact) mass is 277 g/mol. The zero-order valence-electron chi connectivity index (χ0n) is 9.46. The van der Waals surface area contributed by atoms with Crippen molar-refractivity contribution in [3.8, 4) is 0 Å². The van der Waals surface area contributed by atoms with Gasteiger partial charge in [-0.05, 0) is 17.7 Å². The molecule has 1 rings (SSSR count). The Bertz CT molecular complexity index is 590. The Morgan fingerprint density at radius 3 is 2.29 bits per heavy atom. The Morgan fingerprint density at radius 1 is 1.12 bits per heavy atom. The van der Waals surface area contributed by atoms with E-state index in [1.54, 1.807) is 12.1 Å². The van der Waals surface area contributed by atoms with Crippen molar-refractivity contribution in [3.05, 3.63) is 29.8 Å². The molecule has 0 spiro atoms. The molecule has 0 saturated heterocycles. The number of benzene rings is 1. The molecule has 0 unspecified atom stereocenters. The number of nitrogens with two attached hydrogens (primary N) is 1. The quantitative estimate of drug-likeness (QED) is 0.815. The van der Waals surface area contributed by atoms with Gasteiger partial charge in [0.1, 0.15) is 9.84 Å². The third-order valence-electron chi connectivity index (χ3n) is 2.22. The molecule has 0 fully saturated rings. The highest BCUT2D eigenvalue weighted by atomic mass is 32.2. The molecule has 1 aromatic carbocycles. The van der Waals surface area contributed by atoms with Gasteiger partial charge in [-0.15, -0.1) is 0 Å². The molecule has 0 atom stereocenters. The van der Waals surface area contributed by atoms with Crippen LogP contribution >= 0.6 is 0 Å². The molecule has 5 nitrogen and oxygen atoms in total. The minimum absolute atomic E-state index is 0.115. The second-order valence-electron chi connectivity index (χ2n) is 3.80. The van der Waals surface area contributed by atoms with E-state index in [9.17, 15) is 16.8 Å². The first-order chi connectivity index (χ1) is 7.74.